The van der Waals surface area contributed by atoms with Crippen molar-refractivity contribution in [1.29, 1.82) is 0 Å². The van der Waals surface area contributed by atoms with Crippen molar-refractivity contribution in [2.24, 2.45) is 0 Å². The van der Waals surface area contributed by atoms with Gasteiger partial charge in [-0.15, -0.1) is 0 Å². The van der Waals surface area contributed by atoms with E-state index in [0.29, 0.717) is 30.3 Å². The summed E-state index contributed by atoms with van der Waals surface area (Å²) in [4.78, 5) is 34.6. The van der Waals surface area contributed by atoms with Crippen LogP contribution in [0.15, 0.2) is 23.8 Å². The molecule has 1 aliphatic rings. The van der Waals surface area contributed by atoms with Gasteiger partial charge in [0.2, 0.25) is 0 Å². The van der Waals surface area contributed by atoms with Crippen LogP contribution in [-0.2, 0) is 9.59 Å². The van der Waals surface area contributed by atoms with Gasteiger partial charge in [-0.2, -0.15) is 0 Å². The highest BCUT2D eigenvalue weighted by atomic mass is 16.5. The highest BCUT2D eigenvalue weighted by Crippen LogP contribution is 2.29. The van der Waals surface area contributed by atoms with Gasteiger partial charge < -0.3 is 9.47 Å². The van der Waals surface area contributed by atoms with Gasteiger partial charge in [-0.3, -0.25) is 20.2 Å². The van der Waals surface area contributed by atoms with Crippen molar-refractivity contribution >= 4 is 23.9 Å². The van der Waals surface area contributed by atoms with Crippen LogP contribution in [0, 0.1) is 0 Å². The van der Waals surface area contributed by atoms with E-state index in [0.717, 1.165) is 12.8 Å². The van der Waals surface area contributed by atoms with Crippen LogP contribution in [-0.4, -0.2) is 31.1 Å². The monoisotopic (exact) mass is 332 g/mol. The van der Waals surface area contributed by atoms with Crippen molar-refractivity contribution in [3.63, 3.8) is 0 Å². The number of ether oxygens (including phenoxy) is 2. The first kappa shape index (κ1) is 17.5. The number of hydrogen-bond acceptors (Lipinski definition) is 5. The van der Waals surface area contributed by atoms with Crippen molar-refractivity contribution in [1.82, 2.24) is 10.6 Å². The topological polar surface area (TPSA) is 93.7 Å². The van der Waals surface area contributed by atoms with Crippen molar-refractivity contribution in [2.45, 2.75) is 26.7 Å². The third kappa shape index (κ3) is 4.34. The third-order valence-electron chi connectivity index (χ3n) is 3.28. The molecule has 0 aromatic heterocycles. The Balaban J connectivity index is 2.25. The van der Waals surface area contributed by atoms with E-state index in [4.69, 9.17) is 9.47 Å². The number of amides is 4. The van der Waals surface area contributed by atoms with Crippen LogP contribution in [0.2, 0.25) is 0 Å². The summed E-state index contributed by atoms with van der Waals surface area (Å²) in [6.07, 6.45) is 3.36. The van der Waals surface area contributed by atoms with Gasteiger partial charge in [-0.1, -0.05) is 19.4 Å². The zero-order valence-electron chi connectivity index (χ0n) is 13.7. The number of urea groups is 1. The average Bonchev–Trinajstić information content (AvgIpc) is 2.53. The Labute approximate surface area is 140 Å². The first-order chi connectivity index (χ1) is 11.5. The van der Waals surface area contributed by atoms with Crippen molar-refractivity contribution in [3.8, 4) is 11.5 Å². The molecule has 0 saturated carbocycles. The fourth-order valence-electron chi connectivity index (χ4n) is 2.10. The van der Waals surface area contributed by atoms with E-state index in [2.05, 4.69) is 6.92 Å². The van der Waals surface area contributed by atoms with Gasteiger partial charge >= 0.3 is 6.03 Å². The second-order valence-electron chi connectivity index (χ2n) is 5.14. The molecule has 1 heterocycles. The minimum atomic E-state index is -0.822. The molecule has 7 heteroatoms. The number of hydrogen-bond donors (Lipinski definition) is 2. The second kappa shape index (κ2) is 8.14. The maximum atomic E-state index is 11.8. The molecule has 0 spiro atoms. The van der Waals surface area contributed by atoms with E-state index in [9.17, 15) is 14.4 Å². The van der Waals surface area contributed by atoms with Crippen molar-refractivity contribution in [3.05, 3.63) is 29.3 Å². The van der Waals surface area contributed by atoms with Crippen LogP contribution in [0.25, 0.3) is 6.08 Å². The van der Waals surface area contributed by atoms with Crippen LogP contribution < -0.4 is 20.1 Å². The van der Waals surface area contributed by atoms with E-state index in [1.54, 1.807) is 18.2 Å². The quantitative estimate of drug-likeness (QED) is 0.452. The maximum absolute atomic E-state index is 11.8. The number of nitrogens with one attached hydrogen (secondary N) is 2. The Hall–Kier alpha value is -2.83. The Morgan fingerprint density at radius 2 is 1.71 bits per heavy atom. The van der Waals surface area contributed by atoms with Gasteiger partial charge in [0.15, 0.2) is 11.5 Å². The van der Waals surface area contributed by atoms with Gasteiger partial charge in [0, 0.05) is 0 Å². The molecule has 2 N–H and O–H groups in total. The van der Waals surface area contributed by atoms with Crippen LogP contribution in [0.4, 0.5) is 4.79 Å². The lowest BCUT2D eigenvalue weighted by Gasteiger charge is -2.15. The Morgan fingerprint density at radius 1 is 1.00 bits per heavy atom. The molecule has 1 aromatic rings. The van der Waals surface area contributed by atoms with Gasteiger partial charge in [-0.25, -0.2) is 4.79 Å². The second-order valence-corrected chi connectivity index (χ2v) is 5.14. The predicted molar refractivity (Wildman–Crippen MR) is 87.7 cm³/mol. The summed E-state index contributed by atoms with van der Waals surface area (Å²) in [5.74, 6) is -0.314. The molecule has 7 nitrogen and oxygen atoms in total. The number of benzene rings is 1. The average molecular weight is 332 g/mol. The standard InChI is InChI=1S/C17H20N2O5/c1-3-5-8-24-13-7-6-11(10-14(13)23-4-2)9-12-15(20)18-17(22)19-16(12)21/h6-7,9-10H,3-5,8H2,1-2H3,(H2,18,19,20,21,22). The molecular weight excluding hydrogens is 312 g/mol. The number of rotatable bonds is 7. The molecule has 24 heavy (non-hydrogen) atoms. The minimum absolute atomic E-state index is 0.142. The molecule has 1 fully saturated rings. The highest BCUT2D eigenvalue weighted by Gasteiger charge is 2.27. The number of unbranched alkanes of at least 4 members (excludes halogenated alkanes) is 1. The smallest absolute Gasteiger partial charge is 0.328 e. The summed E-state index contributed by atoms with van der Waals surface area (Å²) in [5.41, 5.74) is 0.452. The zero-order valence-corrected chi connectivity index (χ0v) is 13.7. The summed E-state index contributed by atoms with van der Waals surface area (Å²) < 4.78 is 11.2. The molecule has 1 saturated heterocycles. The molecule has 0 aliphatic carbocycles. The fourth-order valence-corrected chi connectivity index (χ4v) is 2.10. The van der Waals surface area contributed by atoms with Crippen LogP contribution in [0.1, 0.15) is 32.3 Å². The number of barbiturate groups is 1. The summed E-state index contributed by atoms with van der Waals surface area (Å²) >= 11 is 0. The Kier molecular flexibility index (Phi) is 5.95. The Bertz CT molecular complexity index is 660. The van der Waals surface area contributed by atoms with Crippen LogP contribution >= 0.6 is 0 Å². The molecule has 2 rings (SSSR count). The summed E-state index contributed by atoms with van der Waals surface area (Å²) in [5, 5.41) is 4.06. The highest BCUT2D eigenvalue weighted by molar-refractivity contribution is 6.31. The van der Waals surface area contributed by atoms with E-state index in [-0.39, 0.29) is 5.57 Å². The zero-order chi connectivity index (χ0) is 17.5. The lowest BCUT2D eigenvalue weighted by molar-refractivity contribution is -0.123. The molecule has 0 unspecified atom stereocenters. The third-order valence-corrected chi connectivity index (χ3v) is 3.28. The van der Waals surface area contributed by atoms with E-state index >= 15 is 0 Å². The lowest BCUT2D eigenvalue weighted by atomic mass is 10.1. The Morgan fingerprint density at radius 3 is 2.33 bits per heavy atom. The summed E-state index contributed by atoms with van der Waals surface area (Å²) in [7, 11) is 0. The summed E-state index contributed by atoms with van der Waals surface area (Å²) in [6, 6.07) is 4.32. The first-order valence-electron chi connectivity index (χ1n) is 7.83. The van der Waals surface area contributed by atoms with Gasteiger partial charge in [-0.05, 0) is 37.1 Å². The molecule has 1 aromatic carbocycles. The molecule has 4 amide bonds. The normalized spacial score (nSPS) is 14.1. The minimum Gasteiger partial charge on any atom is -0.490 e. The van der Waals surface area contributed by atoms with Gasteiger partial charge in [0.05, 0.1) is 13.2 Å². The van der Waals surface area contributed by atoms with Gasteiger partial charge in [0.25, 0.3) is 11.8 Å². The molecule has 0 bridgehead atoms. The molecular formula is C17H20N2O5. The SMILES string of the molecule is CCCCOc1ccc(C=C2C(=O)NC(=O)NC2=O)cc1OCC. The van der Waals surface area contributed by atoms with E-state index in [1.807, 2.05) is 17.6 Å². The first-order valence-corrected chi connectivity index (χ1v) is 7.83. The number of carbonyl (C=O) groups is 3. The van der Waals surface area contributed by atoms with Gasteiger partial charge in [0.1, 0.15) is 5.57 Å². The van der Waals surface area contributed by atoms with Crippen molar-refractivity contribution in [2.75, 3.05) is 13.2 Å². The number of carbonyl (C=O) groups excluding carboxylic acids is 3. The largest absolute Gasteiger partial charge is 0.490 e. The fraction of sp³-hybridized carbons (Fsp3) is 0.353. The van der Waals surface area contributed by atoms with E-state index in [1.165, 1.54) is 6.08 Å². The molecule has 0 radical (unpaired) electrons. The maximum Gasteiger partial charge on any atom is 0.328 e. The van der Waals surface area contributed by atoms with Crippen molar-refractivity contribution < 1.29 is 23.9 Å². The van der Waals surface area contributed by atoms with Crippen LogP contribution in [0.3, 0.4) is 0 Å². The lowest BCUT2D eigenvalue weighted by Crippen LogP contribution is -2.51. The molecule has 1 aliphatic heterocycles. The molecule has 0 atom stereocenters. The summed E-state index contributed by atoms with van der Waals surface area (Å²) in [6.45, 7) is 4.98. The van der Waals surface area contributed by atoms with E-state index < -0.39 is 17.8 Å². The number of imide groups is 2. The predicted octanol–water partition coefficient (Wildman–Crippen LogP) is 2.01. The van der Waals surface area contributed by atoms with Crippen LogP contribution in [0.5, 0.6) is 11.5 Å². The molecule has 128 valence electrons.